The second-order valence-corrected chi connectivity index (χ2v) is 4.83. The molecule has 128 valence electrons. The van der Waals surface area contributed by atoms with E-state index in [-0.39, 0.29) is 37.0 Å². The zero-order valence-electron chi connectivity index (χ0n) is 12.7. The lowest BCUT2D eigenvalue weighted by atomic mass is 10.2. The maximum atomic E-state index is 13.3. The van der Waals surface area contributed by atoms with Gasteiger partial charge in [-0.05, 0) is 29.8 Å². The molecule has 2 rings (SSSR count). The number of carbonyl (C=O) groups is 1. The number of ether oxygens (including phenoxy) is 2. The fourth-order valence-electron chi connectivity index (χ4n) is 1.89. The Labute approximate surface area is 137 Å². The molecule has 24 heavy (non-hydrogen) atoms. The van der Waals surface area contributed by atoms with Gasteiger partial charge in [0.2, 0.25) is 5.91 Å². The van der Waals surface area contributed by atoms with Crippen LogP contribution in [0.5, 0.6) is 11.5 Å². The third-order valence-corrected chi connectivity index (χ3v) is 3.06. The van der Waals surface area contributed by atoms with Crippen LogP contribution in [0.3, 0.4) is 0 Å². The Morgan fingerprint density at radius 1 is 1.08 bits per heavy atom. The van der Waals surface area contributed by atoms with E-state index in [1.165, 1.54) is 24.3 Å². The van der Waals surface area contributed by atoms with E-state index >= 15 is 0 Å². The number of hydrogen-bond donors (Lipinski definition) is 1. The van der Waals surface area contributed by atoms with Crippen LogP contribution in [0.25, 0.3) is 0 Å². The minimum Gasteiger partial charge on any atom is -0.490 e. The molecule has 0 aliphatic carbocycles. The van der Waals surface area contributed by atoms with Crippen molar-refractivity contribution in [3.63, 3.8) is 0 Å². The summed E-state index contributed by atoms with van der Waals surface area (Å²) in [6.07, 6.45) is 0.0703. The molecule has 4 nitrogen and oxygen atoms in total. The number of para-hydroxylation sites is 1. The van der Waals surface area contributed by atoms with Gasteiger partial charge in [0.1, 0.15) is 5.75 Å². The molecule has 0 atom stereocenters. The fourth-order valence-corrected chi connectivity index (χ4v) is 1.89. The summed E-state index contributed by atoms with van der Waals surface area (Å²) < 4.78 is 46.8. The van der Waals surface area contributed by atoms with E-state index in [0.717, 1.165) is 5.56 Å². The SMILES string of the molecule is O=C(CCOc1ccccc1F)NCc1ccc(OC(F)F)cc1. The van der Waals surface area contributed by atoms with E-state index in [1.54, 1.807) is 24.3 Å². The van der Waals surface area contributed by atoms with Crippen molar-refractivity contribution in [1.82, 2.24) is 5.32 Å². The van der Waals surface area contributed by atoms with Crippen LogP contribution in [0.2, 0.25) is 0 Å². The average molecular weight is 339 g/mol. The average Bonchev–Trinajstić information content (AvgIpc) is 2.55. The van der Waals surface area contributed by atoms with E-state index in [9.17, 15) is 18.0 Å². The molecule has 0 spiro atoms. The van der Waals surface area contributed by atoms with E-state index in [4.69, 9.17) is 4.74 Å². The molecule has 0 aliphatic heterocycles. The normalized spacial score (nSPS) is 10.5. The van der Waals surface area contributed by atoms with Crippen molar-refractivity contribution in [3.8, 4) is 11.5 Å². The fraction of sp³-hybridized carbons (Fsp3) is 0.235. The first kappa shape index (κ1) is 17.7. The van der Waals surface area contributed by atoms with Crippen molar-refractivity contribution in [3.05, 3.63) is 59.9 Å². The van der Waals surface area contributed by atoms with Crippen molar-refractivity contribution in [2.45, 2.75) is 19.6 Å². The quantitative estimate of drug-likeness (QED) is 0.801. The van der Waals surface area contributed by atoms with Gasteiger partial charge in [-0.1, -0.05) is 24.3 Å². The lowest BCUT2D eigenvalue weighted by molar-refractivity contribution is -0.121. The van der Waals surface area contributed by atoms with Gasteiger partial charge in [-0.25, -0.2) is 4.39 Å². The number of carbonyl (C=O) groups excluding carboxylic acids is 1. The predicted molar refractivity (Wildman–Crippen MR) is 81.4 cm³/mol. The van der Waals surface area contributed by atoms with Gasteiger partial charge in [-0.3, -0.25) is 4.79 Å². The topological polar surface area (TPSA) is 47.6 Å². The lowest BCUT2D eigenvalue weighted by Gasteiger charge is -2.09. The Bertz CT molecular complexity index is 662. The number of alkyl halides is 2. The van der Waals surface area contributed by atoms with Crippen LogP contribution in [0.4, 0.5) is 13.2 Å². The summed E-state index contributed by atoms with van der Waals surface area (Å²) in [5.74, 6) is -0.596. The smallest absolute Gasteiger partial charge is 0.387 e. The Morgan fingerprint density at radius 2 is 1.79 bits per heavy atom. The first-order valence-electron chi connectivity index (χ1n) is 7.22. The van der Waals surface area contributed by atoms with Crippen LogP contribution in [0.1, 0.15) is 12.0 Å². The second kappa shape index (κ2) is 8.81. The van der Waals surface area contributed by atoms with Gasteiger partial charge >= 0.3 is 6.61 Å². The molecule has 1 amide bonds. The Kier molecular flexibility index (Phi) is 6.48. The van der Waals surface area contributed by atoms with Crippen molar-refractivity contribution in [2.75, 3.05) is 6.61 Å². The Balaban J connectivity index is 1.70. The molecule has 0 aromatic heterocycles. The Hall–Kier alpha value is -2.70. The largest absolute Gasteiger partial charge is 0.490 e. The molecule has 0 saturated heterocycles. The second-order valence-electron chi connectivity index (χ2n) is 4.83. The highest BCUT2D eigenvalue weighted by molar-refractivity contribution is 5.76. The molecule has 0 saturated carbocycles. The molecule has 2 aromatic carbocycles. The molecule has 0 radical (unpaired) electrons. The summed E-state index contributed by atoms with van der Waals surface area (Å²) in [7, 11) is 0. The van der Waals surface area contributed by atoms with Crippen LogP contribution < -0.4 is 14.8 Å². The zero-order chi connectivity index (χ0) is 17.4. The highest BCUT2D eigenvalue weighted by atomic mass is 19.3. The first-order chi connectivity index (χ1) is 11.5. The summed E-state index contributed by atoms with van der Waals surface area (Å²) in [4.78, 5) is 11.7. The Morgan fingerprint density at radius 3 is 2.46 bits per heavy atom. The van der Waals surface area contributed by atoms with Crippen LogP contribution in [-0.2, 0) is 11.3 Å². The van der Waals surface area contributed by atoms with Crippen LogP contribution >= 0.6 is 0 Å². The van der Waals surface area contributed by atoms with Gasteiger partial charge < -0.3 is 14.8 Å². The molecule has 0 heterocycles. The highest BCUT2D eigenvalue weighted by Gasteiger charge is 2.06. The van der Waals surface area contributed by atoms with E-state index in [2.05, 4.69) is 10.1 Å². The minimum absolute atomic E-state index is 0.0495. The number of hydrogen-bond acceptors (Lipinski definition) is 3. The summed E-state index contributed by atoms with van der Waals surface area (Å²) in [6, 6.07) is 11.9. The molecule has 0 bridgehead atoms. The maximum absolute atomic E-state index is 13.3. The van der Waals surface area contributed by atoms with Crippen molar-refractivity contribution in [1.29, 1.82) is 0 Å². The van der Waals surface area contributed by atoms with Crippen LogP contribution in [-0.4, -0.2) is 19.1 Å². The molecule has 0 fully saturated rings. The van der Waals surface area contributed by atoms with Crippen molar-refractivity contribution in [2.24, 2.45) is 0 Å². The number of halogens is 3. The molecule has 7 heteroatoms. The summed E-state index contributed by atoms with van der Waals surface area (Å²) in [5, 5.41) is 2.66. The third-order valence-electron chi connectivity index (χ3n) is 3.06. The van der Waals surface area contributed by atoms with Crippen LogP contribution in [0, 0.1) is 5.82 Å². The summed E-state index contributed by atoms with van der Waals surface area (Å²) in [5.41, 5.74) is 0.736. The summed E-state index contributed by atoms with van der Waals surface area (Å²) in [6.45, 7) is -2.58. The molecular formula is C17H16F3NO3. The van der Waals surface area contributed by atoms with Gasteiger partial charge in [0.25, 0.3) is 0 Å². The van der Waals surface area contributed by atoms with Crippen molar-refractivity contribution < 1.29 is 27.4 Å². The van der Waals surface area contributed by atoms with Gasteiger partial charge in [0.15, 0.2) is 11.6 Å². The standard InChI is InChI=1S/C17H16F3NO3/c18-14-3-1-2-4-15(14)23-10-9-16(22)21-11-12-5-7-13(8-6-12)24-17(19)20/h1-8,17H,9-11H2,(H,21,22). The van der Waals surface area contributed by atoms with E-state index in [0.29, 0.717) is 0 Å². The van der Waals surface area contributed by atoms with E-state index < -0.39 is 12.4 Å². The molecular weight excluding hydrogens is 323 g/mol. The van der Waals surface area contributed by atoms with Gasteiger partial charge in [0.05, 0.1) is 13.0 Å². The predicted octanol–water partition coefficient (Wildman–Crippen LogP) is 3.51. The van der Waals surface area contributed by atoms with Gasteiger partial charge in [-0.15, -0.1) is 0 Å². The van der Waals surface area contributed by atoms with Gasteiger partial charge in [0, 0.05) is 6.54 Å². The minimum atomic E-state index is -2.87. The monoisotopic (exact) mass is 339 g/mol. The zero-order valence-corrected chi connectivity index (χ0v) is 12.7. The molecule has 0 unspecified atom stereocenters. The lowest BCUT2D eigenvalue weighted by Crippen LogP contribution is -2.24. The van der Waals surface area contributed by atoms with Crippen molar-refractivity contribution >= 4 is 5.91 Å². The van der Waals surface area contributed by atoms with E-state index in [1.807, 2.05) is 0 Å². The van der Waals surface area contributed by atoms with Gasteiger partial charge in [-0.2, -0.15) is 8.78 Å². The number of amides is 1. The van der Waals surface area contributed by atoms with Crippen LogP contribution in [0.15, 0.2) is 48.5 Å². The first-order valence-corrected chi connectivity index (χ1v) is 7.22. The highest BCUT2D eigenvalue weighted by Crippen LogP contribution is 2.16. The number of rotatable bonds is 8. The maximum Gasteiger partial charge on any atom is 0.387 e. The third kappa shape index (κ3) is 5.83. The summed E-state index contributed by atoms with van der Waals surface area (Å²) >= 11 is 0. The number of benzene rings is 2. The molecule has 1 N–H and O–H groups in total. The molecule has 0 aliphatic rings. The molecule has 2 aromatic rings. The number of nitrogens with one attached hydrogen (secondary N) is 1.